The summed E-state index contributed by atoms with van der Waals surface area (Å²) in [5, 5.41) is 0. The van der Waals surface area contributed by atoms with Crippen molar-refractivity contribution in [3.05, 3.63) is 64.7 Å². The predicted molar refractivity (Wildman–Crippen MR) is 133 cm³/mol. The van der Waals surface area contributed by atoms with Gasteiger partial charge in [-0.15, -0.1) is 0 Å². The molecule has 0 atom stereocenters. The van der Waals surface area contributed by atoms with Crippen molar-refractivity contribution in [3.63, 3.8) is 0 Å². The zero-order chi connectivity index (χ0) is 22.4. The van der Waals surface area contributed by atoms with Crippen LogP contribution in [-0.2, 0) is 23.1 Å². The van der Waals surface area contributed by atoms with Gasteiger partial charge in [-0.2, -0.15) is 0 Å². The van der Waals surface area contributed by atoms with Crippen molar-refractivity contribution in [1.29, 1.82) is 0 Å². The van der Waals surface area contributed by atoms with E-state index in [1.54, 1.807) is 0 Å². The molecule has 1 saturated carbocycles. The Balaban J connectivity index is 1.74. The van der Waals surface area contributed by atoms with Crippen LogP contribution in [0.25, 0.3) is 0 Å². The molecule has 3 rings (SSSR count). The average molecular weight is 420 g/mol. The summed E-state index contributed by atoms with van der Waals surface area (Å²) in [6.07, 6.45) is 9.43. The lowest BCUT2D eigenvalue weighted by Crippen LogP contribution is -2.24. The normalized spacial score (nSPS) is 15.4. The minimum atomic E-state index is 0.185. The van der Waals surface area contributed by atoms with E-state index in [0.29, 0.717) is 24.5 Å². The topological polar surface area (TPSA) is 20.3 Å². The lowest BCUT2D eigenvalue weighted by molar-refractivity contribution is -0.118. The van der Waals surface area contributed by atoms with E-state index >= 15 is 0 Å². The predicted octanol–water partition coefficient (Wildman–Crippen LogP) is 7.23. The minimum absolute atomic E-state index is 0.185. The first-order chi connectivity index (χ1) is 14.9. The lowest BCUT2D eigenvalue weighted by atomic mass is 9.74. The largest absolute Gasteiger partial charge is 0.378 e. The van der Waals surface area contributed by atoms with Crippen molar-refractivity contribution in [2.75, 3.05) is 19.0 Å². The number of hydrogen-bond acceptors (Lipinski definition) is 2. The Morgan fingerprint density at radius 3 is 2.29 bits per heavy atom. The Morgan fingerprint density at radius 2 is 1.71 bits per heavy atom. The second kappa shape index (κ2) is 10.5. The number of rotatable bonds is 10. The van der Waals surface area contributed by atoms with E-state index in [1.165, 1.54) is 53.6 Å². The van der Waals surface area contributed by atoms with Crippen molar-refractivity contribution >= 4 is 11.5 Å². The van der Waals surface area contributed by atoms with Gasteiger partial charge in [-0.3, -0.25) is 4.79 Å². The summed E-state index contributed by atoms with van der Waals surface area (Å²) in [7, 11) is 4.17. The molecule has 1 fully saturated rings. The number of nitrogens with zero attached hydrogens (tertiary/aromatic N) is 1. The van der Waals surface area contributed by atoms with Crippen LogP contribution in [0.5, 0.6) is 0 Å². The molecule has 2 heteroatoms. The van der Waals surface area contributed by atoms with Gasteiger partial charge in [0.05, 0.1) is 0 Å². The zero-order valence-corrected chi connectivity index (χ0v) is 20.3. The van der Waals surface area contributed by atoms with E-state index < -0.39 is 0 Å². The second-order valence-corrected chi connectivity index (χ2v) is 10.0. The van der Waals surface area contributed by atoms with Crippen LogP contribution < -0.4 is 4.90 Å². The third-order valence-electron chi connectivity index (χ3n) is 7.26. The fourth-order valence-electron chi connectivity index (χ4n) is 5.43. The van der Waals surface area contributed by atoms with Crippen LogP contribution in [-0.4, -0.2) is 19.9 Å². The highest BCUT2D eigenvalue weighted by atomic mass is 16.1. The molecule has 0 unspecified atom stereocenters. The van der Waals surface area contributed by atoms with Crippen LogP contribution in [0.1, 0.15) is 93.9 Å². The standard InChI is InChI=1S/C29H41NO/c1-6-10-23-11-9-12-27(22(2)3)28(23)21-26(31)17-20-29(18-7-8-19-29)24-13-15-25(16-14-24)30(4)5/h9,11-16,22H,6-8,10,17-21H2,1-5H3. The highest BCUT2D eigenvalue weighted by molar-refractivity contribution is 5.81. The molecule has 0 aliphatic heterocycles. The summed E-state index contributed by atoms with van der Waals surface area (Å²) in [6.45, 7) is 6.70. The third kappa shape index (κ3) is 5.59. The number of ketones is 1. The van der Waals surface area contributed by atoms with Gasteiger partial charge in [-0.25, -0.2) is 0 Å². The highest BCUT2D eigenvalue weighted by Crippen LogP contribution is 2.45. The summed E-state index contributed by atoms with van der Waals surface area (Å²) in [5.74, 6) is 0.859. The molecule has 0 aromatic heterocycles. The van der Waals surface area contributed by atoms with Gasteiger partial charge >= 0.3 is 0 Å². The first-order valence-corrected chi connectivity index (χ1v) is 12.3. The fourth-order valence-corrected chi connectivity index (χ4v) is 5.43. The summed E-state index contributed by atoms with van der Waals surface area (Å²) < 4.78 is 0. The molecular formula is C29H41NO. The maximum Gasteiger partial charge on any atom is 0.137 e. The average Bonchev–Trinajstić information content (AvgIpc) is 3.24. The van der Waals surface area contributed by atoms with Gasteiger partial charge < -0.3 is 4.90 Å². The minimum Gasteiger partial charge on any atom is -0.378 e. The Bertz CT molecular complexity index is 857. The number of aryl methyl sites for hydroxylation is 1. The molecule has 0 radical (unpaired) electrons. The van der Waals surface area contributed by atoms with E-state index in [0.717, 1.165) is 19.3 Å². The fraction of sp³-hybridized carbons (Fsp3) is 0.552. The van der Waals surface area contributed by atoms with Crippen molar-refractivity contribution in [2.45, 2.75) is 89.9 Å². The smallest absolute Gasteiger partial charge is 0.137 e. The highest BCUT2D eigenvalue weighted by Gasteiger charge is 2.35. The number of hydrogen-bond donors (Lipinski definition) is 0. The summed E-state index contributed by atoms with van der Waals surface area (Å²) in [4.78, 5) is 15.4. The molecule has 2 nitrogen and oxygen atoms in total. The maximum atomic E-state index is 13.2. The molecule has 0 amide bonds. The molecule has 0 heterocycles. The zero-order valence-electron chi connectivity index (χ0n) is 20.3. The SMILES string of the molecule is CCCc1cccc(C(C)C)c1CC(=O)CCC1(c2ccc(N(C)C)cc2)CCCC1. The van der Waals surface area contributed by atoms with Gasteiger partial charge in [0.1, 0.15) is 5.78 Å². The van der Waals surface area contributed by atoms with E-state index in [9.17, 15) is 4.79 Å². The van der Waals surface area contributed by atoms with Crippen LogP contribution in [0.4, 0.5) is 5.69 Å². The lowest BCUT2D eigenvalue weighted by Gasteiger charge is -2.30. The van der Waals surface area contributed by atoms with Gasteiger partial charge in [0.25, 0.3) is 0 Å². The second-order valence-electron chi connectivity index (χ2n) is 10.0. The van der Waals surface area contributed by atoms with E-state index in [4.69, 9.17) is 0 Å². The van der Waals surface area contributed by atoms with Gasteiger partial charge in [-0.1, -0.05) is 70.4 Å². The molecule has 1 aliphatic carbocycles. The van der Waals surface area contributed by atoms with Crippen molar-refractivity contribution in [2.24, 2.45) is 0 Å². The van der Waals surface area contributed by atoms with Crippen LogP contribution in [0.2, 0.25) is 0 Å². The van der Waals surface area contributed by atoms with E-state index in [2.05, 4.69) is 82.2 Å². The molecule has 0 bridgehead atoms. The molecule has 168 valence electrons. The molecule has 2 aromatic carbocycles. The van der Waals surface area contributed by atoms with Crippen LogP contribution >= 0.6 is 0 Å². The van der Waals surface area contributed by atoms with Gasteiger partial charge in [0.2, 0.25) is 0 Å². The Labute approximate surface area is 190 Å². The molecule has 0 spiro atoms. The first kappa shape index (κ1) is 23.6. The first-order valence-electron chi connectivity index (χ1n) is 12.3. The van der Waals surface area contributed by atoms with E-state index in [-0.39, 0.29) is 5.41 Å². The quantitative estimate of drug-likeness (QED) is 0.405. The van der Waals surface area contributed by atoms with Crippen molar-refractivity contribution in [1.82, 2.24) is 0 Å². The summed E-state index contributed by atoms with van der Waals surface area (Å²) >= 11 is 0. The van der Waals surface area contributed by atoms with Crippen LogP contribution in [0, 0.1) is 0 Å². The molecule has 1 aliphatic rings. The van der Waals surface area contributed by atoms with Gasteiger partial charge in [0, 0.05) is 32.6 Å². The molecule has 2 aromatic rings. The molecule has 31 heavy (non-hydrogen) atoms. The summed E-state index contributed by atoms with van der Waals surface area (Å²) in [5.41, 5.74) is 6.88. The monoisotopic (exact) mass is 419 g/mol. The molecular weight excluding hydrogens is 378 g/mol. The summed E-state index contributed by atoms with van der Waals surface area (Å²) in [6, 6.07) is 15.7. The van der Waals surface area contributed by atoms with Crippen LogP contribution in [0.15, 0.2) is 42.5 Å². The number of benzene rings is 2. The maximum absolute atomic E-state index is 13.2. The number of anilines is 1. The Kier molecular flexibility index (Phi) is 7.97. The third-order valence-corrected chi connectivity index (χ3v) is 7.26. The Hall–Kier alpha value is -2.09. The van der Waals surface area contributed by atoms with Gasteiger partial charge in [-0.05, 0) is 71.4 Å². The number of Topliss-reactive ketones (excluding diaryl/α,β-unsaturated/α-hetero) is 1. The molecule has 0 saturated heterocycles. The number of carbonyl (C=O) groups is 1. The van der Waals surface area contributed by atoms with Crippen molar-refractivity contribution in [3.8, 4) is 0 Å². The van der Waals surface area contributed by atoms with Crippen molar-refractivity contribution < 1.29 is 4.79 Å². The van der Waals surface area contributed by atoms with Crippen LogP contribution in [0.3, 0.4) is 0 Å². The number of carbonyl (C=O) groups excluding carboxylic acids is 1. The Morgan fingerprint density at radius 1 is 1.03 bits per heavy atom. The van der Waals surface area contributed by atoms with Gasteiger partial charge in [0.15, 0.2) is 0 Å². The molecule has 0 N–H and O–H groups in total. The van der Waals surface area contributed by atoms with E-state index in [1.807, 2.05) is 0 Å².